The van der Waals surface area contributed by atoms with Crippen LogP contribution in [0, 0.1) is 17.0 Å². The summed E-state index contributed by atoms with van der Waals surface area (Å²) < 4.78 is 11.7. The molecule has 0 N–H and O–H groups in total. The highest BCUT2D eigenvalue weighted by Gasteiger charge is 2.21. The van der Waals surface area contributed by atoms with Gasteiger partial charge >= 0.3 is 5.69 Å². The predicted molar refractivity (Wildman–Crippen MR) is 96.6 cm³/mol. The van der Waals surface area contributed by atoms with E-state index in [0.717, 1.165) is 10.9 Å². The lowest BCUT2D eigenvalue weighted by Crippen LogP contribution is -1.99. The molecule has 0 aliphatic carbocycles. The Labute approximate surface area is 148 Å². The van der Waals surface area contributed by atoms with E-state index in [9.17, 15) is 10.1 Å². The Balaban J connectivity index is 1.94. The Morgan fingerprint density at radius 2 is 2.00 bits per heavy atom. The van der Waals surface area contributed by atoms with Crippen LogP contribution in [0.15, 0.2) is 46.9 Å². The van der Waals surface area contributed by atoms with Gasteiger partial charge in [0, 0.05) is 17.9 Å². The molecule has 0 bridgehead atoms. The fourth-order valence-electron chi connectivity index (χ4n) is 2.80. The maximum absolute atomic E-state index is 11.3. The third-order valence-corrected chi connectivity index (χ3v) is 4.07. The number of rotatable bonds is 4. The summed E-state index contributed by atoms with van der Waals surface area (Å²) in [7, 11) is 0. The molecule has 7 nitrogen and oxygen atoms in total. The quantitative estimate of drug-likeness (QED) is 0.382. The van der Waals surface area contributed by atoms with Crippen molar-refractivity contribution in [2.24, 2.45) is 0 Å². The Morgan fingerprint density at radius 1 is 1.19 bits per heavy atom. The molecule has 2 aromatic carbocycles. The number of nitro groups is 1. The predicted octanol–water partition coefficient (Wildman–Crippen LogP) is 4.95. The van der Waals surface area contributed by atoms with Crippen molar-refractivity contribution in [2.75, 3.05) is 0 Å². The van der Waals surface area contributed by atoms with Crippen LogP contribution < -0.4 is 4.74 Å². The van der Waals surface area contributed by atoms with Crippen LogP contribution >= 0.6 is 0 Å². The summed E-state index contributed by atoms with van der Waals surface area (Å²) in [6, 6.07) is 12.2. The van der Waals surface area contributed by atoms with Gasteiger partial charge in [-0.15, -0.1) is 0 Å². The highest BCUT2D eigenvalue weighted by atomic mass is 16.6. The SMILES string of the molecule is CCc1nc(Oc2cc(C)ccc2[N+](=O)[O-])c2oc3ccccc3c2n1. The van der Waals surface area contributed by atoms with Crippen LogP contribution in [0.5, 0.6) is 11.6 Å². The summed E-state index contributed by atoms with van der Waals surface area (Å²) in [6.07, 6.45) is 0.599. The summed E-state index contributed by atoms with van der Waals surface area (Å²) >= 11 is 0. The van der Waals surface area contributed by atoms with Crippen molar-refractivity contribution in [3.05, 3.63) is 64.0 Å². The van der Waals surface area contributed by atoms with E-state index < -0.39 is 4.92 Å². The van der Waals surface area contributed by atoms with Gasteiger partial charge in [-0.3, -0.25) is 10.1 Å². The third kappa shape index (κ3) is 2.63. The first-order chi connectivity index (χ1) is 12.6. The normalized spacial score (nSPS) is 11.2. The lowest BCUT2D eigenvalue weighted by molar-refractivity contribution is -0.385. The van der Waals surface area contributed by atoms with Gasteiger partial charge in [0.2, 0.25) is 11.3 Å². The zero-order valence-corrected chi connectivity index (χ0v) is 14.2. The van der Waals surface area contributed by atoms with Crippen LogP contribution in [0.1, 0.15) is 18.3 Å². The summed E-state index contributed by atoms with van der Waals surface area (Å²) in [6.45, 7) is 3.77. The van der Waals surface area contributed by atoms with Crippen LogP contribution in [0.4, 0.5) is 5.69 Å². The summed E-state index contributed by atoms with van der Waals surface area (Å²) in [5.41, 5.74) is 2.39. The van der Waals surface area contributed by atoms with Crippen molar-refractivity contribution in [3.8, 4) is 11.6 Å². The molecule has 0 saturated heterocycles. The lowest BCUT2D eigenvalue weighted by atomic mass is 10.2. The van der Waals surface area contributed by atoms with Gasteiger partial charge in [0.15, 0.2) is 0 Å². The number of nitro benzene ring substituents is 1. The van der Waals surface area contributed by atoms with Crippen LogP contribution in [0.2, 0.25) is 0 Å². The standard InChI is InChI=1S/C19H15N3O4/c1-3-16-20-17-12-6-4-5-7-14(12)25-18(17)19(21-16)26-15-10-11(2)8-9-13(15)22(23)24/h4-10H,3H2,1-2H3. The first kappa shape index (κ1) is 16.0. The molecule has 0 unspecified atom stereocenters. The lowest BCUT2D eigenvalue weighted by Gasteiger charge is -2.08. The fourth-order valence-corrected chi connectivity index (χ4v) is 2.80. The molecule has 7 heteroatoms. The maximum Gasteiger partial charge on any atom is 0.311 e. The van der Waals surface area contributed by atoms with Crippen molar-refractivity contribution in [3.63, 3.8) is 0 Å². The minimum Gasteiger partial charge on any atom is -0.449 e. The number of nitrogens with zero attached hydrogens (tertiary/aromatic N) is 3. The molecule has 0 aliphatic heterocycles. The van der Waals surface area contributed by atoms with E-state index in [0.29, 0.717) is 28.9 Å². The minimum atomic E-state index is -0.480. The molecule has 130 valence electrons. The second-order valence-electron chi connectivity index (χ2n) is 5.90. The maximum atomic E-state index is 11.3. The monoisotopic (exact) mass is 349 g/mol. The Kier molecular flexibility index (Phi) is 3.76. The first-order valence-electron chi connectivity index (χ1n) is 8.18. The van der Waals surface area contributed by atoms with Gasteiger partial charge in [0.1, 0.15) is 16.9 Å². The summed E-state index contributed by atoms with van der Waals surface area (Å²) in [5.74, 6) is 0.878. The molecule has 4 aromatic rings. The third-order valence-electron chi connectivity index (χ3n) is 4.07. The Bertz CT molecular complexity index is 1150. The van der Waals surface area contributed by atoms with E-state index in [4.69, 9.17) is 9.15 Å². The van der Waals surface area contributed by atoms with Crippen molar-refractivity contribution in [1.29, 1.82) is 0 Å². The van der Waals surface area contributed by atoms with Gasteiger partial charge in [-0.25, -0.2) is 4.98 Å². The smallest absolute Gasteiger partial charge is 0.311 e. The molecule has 0 aliphatic rings. The van der Waals surface area contributed by atoms with Gasteiger partial charge in [-0.05, 0) is 30.7 Å². The molecule has 2 heterocycles. The van der Waals surface area contributed by atoms with Crippen LogP contribution in [-0.2, 0) is 6.42 Å². The van der Waals surface area contributed by atoms with Gasteiger partial charge in [-0.1, -0.05) is 25.1 Å². The molecule has 0 radical (unpaired) electrons. The molecule has 0 spiro atoms. The molecular formula is C19H15N3O4. The molecule has 4 rings (SSSR count). The largest absolute Gasteiger partial charge is 0.449 e. The number of hydrogen-bond donors (Lipinski definition) is 0. The highest BCUT2D eigenvalue weighted by molar-refractivity contribution is 6.03. The number of benzene rings is 2. The van der Waals surface area contributed by atoms with Crippen molar-refractivity contribution < 1.29 is 14.1 Å². The molecule has 0 saturated carbocycles. The molecule has 0 fully saturated rings. The van der Waals surface area contributed by atoms with Crippen molar-refractivity contribution >= 4 is 27.8 Å². The molecule has 0 atom stereocenters. The van der Waals surface area contributed by atoms with Gasteiger partial charge in [0.25, 0.3) is 5.88 Å². The van der Waals surface area contributed by atoms with Crippen LogP contribution in [-0.4, -0.2) is 14.9 Å². The number of para-hydroxylation sites is 1. The second kappa shape index (κ2) is 6.11. The Hall–Kier alpha value is -3.48. The number of furan rings is 1. The van der Waals surface area contributed by atoms with E-state index in [1.54, 1.807) is 12.1 Å². The fraction of sp³-hybridized carbons (Fsp3) is 0.158. The molecular weight excluding hydrogens is 334 g/mol. The summed E-state index contributed by atoms with van der Waals surface area (Å²) in [4.78, 5) is 19.8. The van der Waals surface area contributed by atoms with Crippen molar-refractivity contribution in [1.82, 2.24) is 9.97 Å². The number of ether oxygens (including phenoxy) is 1. The number of aryl methyl sites for hydroxylation is 2. The van der Waals surface area contributed by atoms with Gasteiger partial charge in [0.05, 0.1) is 4.92 Å². The molecule has 0 amide bonds. The van der Waals surface area contributed by atoms with Gasteiger partial charge < -0.3 is 9.15 Å². The van der Waals surface area contributed by atoms with Gasteiger partial charge in [-0.2, -0.15) is 4.98 Å². The second-order valence-corrected chi connectivity index (χ2v) is 5.90. The highest BCUT2D eigenvalue weighted by Crippen LogP contribution is 2.37. The number of fused-ring (bicyclic) bond motifs is 3. The number of hydrogen-bond acceptors (Lipinski definition) is 6. The average Bonchev–Trinajstić information content (AvgIpc) is 3.00. The van der Waals surface area contributed by atoms with Crippen LogP contribution in [0.25, 0.3) is 22.1 Å². The van der Waals surface area contributed by atoms with Crippen molar-refractivity contribution in [2.45, 2.75) is 20.3 Å². The average molecular weight is 349 g/mol. The van der Waals surface area contributed by atoms with E-state index in [-0.39, 0.29) is 17.3 Å². The number of aromatic nitrogens is 2. The van der Waals surface area contributed by atoms with E-state index in [2.05, 4.69) is 9.97 Å². The zero-order chi connectivity index (χ0) is 18.3. The van der Waals surface area contributed by atoms with E-state index >= 15 is 0 Å². The van der Waals surface area contributed by atoms with E-state index in [1.165, 1.54) is 6.07 Å². The van der Waals surface area contributed by atoms with E-state index in [1.807, 2.05) is 38.1 Å². The first-order valence-corrected chi connectivity index (χ1v) is 8.18. The topological polar surface area (TPSA) is 91.3 Å². The van der Waals surface area contributed by atoms with Crippen LogP contribution in [0.3, 0.4) is 0 Å². The summed E-state index contributed by atoms with van der Waals surface area (Å²) in [5, 5.41) is 12.2. The molecule has 2 aromatic heterocycles. The Morgan fingerprint density at radius 3 is 2.77 bits per heavy atom. The minimum absolute atomic E-state index is 0.123. The zero-order valence-electron chi connectivity index (χ0n) is 14.2. The molecule has 26 heavy (non-hydrogen) atoms.